The molecule has 0 aliphatic carbocycles. The molecule has 0 amide bonds. The molecule has 2 aromatic rings. The van der Waals surface area contributed by atoms with Crippen molar-refractivity contribution in [1.82, 2.24) is 4.90 Å². The number of ether oxygens (including phenoxy) is 1. The third-order valence-electron chi connectivity index (χ3n) is 5.18. The van der Waals surface area contributed by atoms with Gasteiger partial charge in [-0.25, -0.2) is 4.39 Å². The molecular weight excluding hydrogens is 343 g/mol. The zero-order valence-corrected chi connectivity index (χ0v) is 16.4. The maximum absolute atomic E-state index is 13.1. The number of phenolic OH excluding ortho intramolecular Hbond substituents is 1. The van der Waals surface area contributed by atoms with Gasteiger partial charge in [-0.1, -0.05) is 13.8 Å². The van der Waals surface area contributed by atoms with Crippen LogP contribution in [0.3, 0.4) is 0 Å². The van der Waals surface area contributed by atoms with Crippen LogP contribution < -0.4 is 9.64 Å². The predicted octanol–water partition coefficient (Wildman–Crippen LogP) is 4.16. The standard InChI is InChI=1S/C22H29FN2O2/c1-16(2)20-15-21(26)17(3)14-22(20)27-13-12-24-8-10-25(11-9-24)19-6-4-18(23)5-7-19/h4-7,14-16,26H,8-13H2,1-3H3. The summed E-state index contributed by atoms with van der Waals surface area (Å²) in [5.41, 5.74) is 2.95. The molecular formula is C22H29FN2O2. The van der Waals surface area contributed by atoms with E-state index >= 15 is 0 Å². The summed E-state index contributed by atoms with van der Waals surface area (Å²) in [6, 6.07) is 10.5. The van der Waals surface area contributed by atoms with Gasteiger partial charge in [-0.15, -0.1) is 0 Å². The maximum atomic E-state index is 13.1. The van der Waals surface area contributed by atoms with E-state index in [1.807, 2.05) is 31.2 Å². The van der Waals surface area contributed by atoms with E-state index in [9.17, 15) is 9.50 Å². The van der Waals surface area contributed by atoms with Crippen molar-refractivity contribution in [2.45, 2.75) is 26.7 Å². The van der Waals surface area contributed by atoms with Crippen LogP contribution in [-0.2, 0) is 0 Å². The van der Waals surface area contributed by atoms with Gasteiger partial charge in [0.1, 0.15) is 23.9 Å². The summed E-state index contributed by atoms with van der Waals surface area (Å²) in [5, 5.41) is 9.95. The minimum Gasteiger partial charge on any atom is -0.508 e. The Kier molecular flexibility index (Phi) is 6.22. The zero-order valence-electron chi connectivity index (χ0n) is 16.4. The van der Waals surface area contributed by atoms with Crippen molar-refractivity contribution in [3.8, 4) is 11.5 Å². The van der Waals surface area contributed by atoms with Crippen LogP contribution in [-0.4, -0.2) is 49.3 Å². The summed E-state index contributed by atoms with van der Waals surface area (Å²) < 4.78 is 19.1. The normalized spacial score (nSPS) is 15.4. The molecule has 1 fully saturated rings. The molecule has 146 valence electrons. The fourth-order valence-corrected chi connectivity index (χ4v) is 3.43. The van der Waals surface area contributed by atoms with Crippen LogP contribution in [0, 0.1) is 12.7 Å². The number of hydrogen-bond donors (Lipinski definition) is 1. The van der Waals surface area contributed by atoms with Crippen molar-refractivity contribution in [2.75, 3.05) is 44.2 Å². The largest absolute Gasteiger partial charge is 0.508 e. The molecule has 3 rings (SSSR count). The Morgan fingerprint density at radius 3 is 2.37 bits per heavy atom. The van der Waals surface area contributed by atoms with Crippen LogP contribution in [0.4, 0.5) is 10.1 Å². The van der Waals surface area contributed by atoms with Crippen LogP contribution >= 0.6 is 0 Å². The maximum Gasteiger partial charge on any atom is 0.123 e. The number of hydrogen-bond acceptors (Lipinski definition) is 4. The molecule has 4 nitrogen and oxygen atoms in total. The van der Waals surface area contributed by atoms with Gasteiger partial charge in [-0.3, -0.25) is 4.90 Å². The highest BCUT2D eigenvalue weighted by atomic mass is 19.1. The first-order valence-electron chi connectivity index (χ1n) is 9.63. The quantitative estimate of drug-likeness (QED) is 0.826. The second-order valence-electron chi connectivity index (χ2n) is 7.48. The fourth-order valence-electron chi connectivity index (χ4n) is 3.43. The molecule has 1 aliphatic rings. The third kappa shape index (κ3) is 4.92. The van der Waals surface area contributed by atoms with E-state index in [0.29, 0.717) is 18.3 Å². The summed E-state index contributed by atoms with van der Waals surface area (Å²) >= 11 is 0. The summed E-state index contributed by atoms with van der Waals surface area (Å²) in [6.45, 7) is 11.4. The Labute approximate surface area is 161 Å². The molecule has 0 radical (unpaired) electrons. The zero-order chi connectivity index (χ0) is 19.4. The molecule has 1 heterocycles. The number of phenols is 1. The van der Waals surface area contributed by atoms with Gasteiger partial charge < -0.3 is 14.7 Å². The van der Waals surface area contributed by atoms with E-state index in [4.69, 9.17) is 4.74 Å². The first-order valence-corrected chi connectivity index (χ1v) is 9.63. The lowest BCUT2D eigenvalue weighted by molar-refractivity contribution is 0.199. The van der Waals surface area contributed by atoms with Crippen LogP contribution in [0.1, 0.15) is 30.9 Å². The number of rotatable bonds is 6. The van der Waals surface area contributed by atoms with Crippen LogP contribution in [0.25, 0.3) is 0 Å². The van der Waals surface area contributed by atoms with Crippen molar-refractivity contribution in [2.24, 2.45) is 0 Å². The highest BCUT2D eigenvalue weighted by Crippen LogP contribution is 2.32. The molecule has 0 atom stereocenters. The monoisotopic (exact) mass is 372 g/mol. The van der Waals surface area contributed by atoms with Gasteiger partial charge in [0.15, 0.2) is 0 Å². The molecule has 0 saturated carbocycles. The van der Waals surface area contributed by atoms with Crippen LogP contribution in [0.15, 0.2) is 36.4 Å². The first-order chi connectivity index (χ1) is 12.9. The minimum atomic E-state index is -0.195. The predicted molar refractivity (Wildman–Crippen MR) is 107 cm³/mol. The lowest BCUT2D eigenvalue weighted by Crippen LogP contribution is -2.47. The number of piperazine rings is 1. The Morgan fingerprint density at radius 2 is 1.74 bits per heavy atom. The Hall–Kier alpha value is -2.27. The number of benzene rings is 2. The second kappa shape index (κ2) is 8.61. The average Bonchev–Trinajstić information content (AvgIpc) is 2.65. The Morgan fingerprint density at radius 1 is 1.07 bits per heavy atom. The molecule has 0 unspecified atom stereocenters. The Bertz CT molecular complexity index is 754. The van der Waals surface area contributed by atoms with Crippen molar-refractivity contribution in [3.05, 3.63) is 53.3 Å². The van der Waals surface area contributed by atoms with E-state index in [-0.39, 0.29) is 5.82 Å². The molecule has 1 saturated heterocycles. The van der Waals surface area contributed by atoms with Gasteiger partial charge >= 0.3 is 0 Å². The molecule has 1 N–H and O–H groups in total. The number of halogens is 1. The van der Waals surface area contributed by atoms with Gasteiger partial charge in [0, 0.05) is 44.0 Å². The topological polar surface area (TPSA) is 35.9 Å². The number of nitrogens with zero attached hydrogens (tertiary/aromatic N) is 2. The van der Waals surface area contributed by atoms with E-state index in [1.54, 1.807) is 0 Å². The lowest BCUT2D eigenvalue weighted by atomic mass is 10.00. The molecule has 0 spiro atoms. The number of aromatic hydroxyl groups is 1. The summed E-state index contributed by atoms with van der Waals surface area (Å²) in [7, 11) is 0. The molecule has 0 bridgehead atoms. The highest BCUT2D eigenvalue weighted by Gasteiger charge is 2.18. The average molecular weight is 372 g/mol. The Balaban J connectivity index is 1.50. The first kappa shape index (κ1) is 19.5. The summed E-state index contributed by atoms with van der Waals surface area (Å²) in [6.07, 6.45) is 0. The van der Waals surface area contributed by atoms with Crippen LogP contribution in [0.2, 0.25) is 0 Å². The summed E-state index contributed by atoms with van der Waals surface area (Å²) in [5.74, 6) is 1.29. The molecule has 1 aliphatic heterocycles. The highest BCUT2D eigenvalue weighted by molar-refractivity contribution is 5.47. The van der Waals surface area contributed by atoms with Crippen molar-refractivity contribution in [1.29, 1.82) is 0 Å². The molecule has 2 aromatic carbocycles. The second-order valence-corrected chi connectivity index (χ2v) is 7.48. The van der Waals surface area contributed by atoms with E-state index in [2.05, 4.69) is 23.6 Å². The van der Waals surface area contributed by atoms with Crippen LogP contribution in [0.5, 0.6) is 11.5 Å². The lowest BCUT2D eigenvalue weighted by Gasteiger charge is -2.36. The van der Waals surface area contributed by atoms with Gasteiger partial charge in [0.2, 0.25) is 0 Å². The summed E-state index contributed by atoms with van der Waals surface area (Å²) in [4.78, 5) is 4.68. The van der Waals surface area contributed by atoms with E-state index in [0.717, 1.165) is 55.3 Å². The SMILES string of the molecule is Cc1cc(OCCN2CCN(c3ccc(F)cc3)CC2)c(C(C)C)cc1O. The number of anilines is 1. The van der Waals surface area contributed by atoms with E-state index < -0.39 is 0 Å². The van der Waals surface area contributed by atoms with Gasteiger partial charge in [0.05, 0.1) is 0 Å². The smallest absolute Gasteiger partial charge is 0.123 e. The van der Waals surface area contributed by atoms with Gasteiger partial charge in [-0.2, -0.15) is 0 Å². The fraction of sp³-hybridized carbons (Fsp3) is 0.455. The number of aryl methyl sites for hydroxylation is 1. The van der Waals surface area contributed by atoms with Crippen molar-refractivity contribution in [3.63, 3.8) is 0 Å². The van der Waals surface area contributed by atoms with Crippen molar-refractivity contribution < 1.29 is 14.2 Å². The van der Waals surface area contributed by atoms with Gasteiger partial charge in [0.25, 0.3) is 0 Å². The van der Waals surface area contributed by atoms with Crippen molar-refractivity contribution >= 4 is 5.69 Å². The minimum absolute atomic E-state index is 0.195. The third-order valence-corrected chi connectivity index (χ3v) is 5.18. The molecule has 27 heavy (non-hydrogen) atoms. The molecule has 0 aromatic heterocycles. The molecule has 5 heteroatoms. The van der Waals surface area contributed by atoms with Gasteiger partial charge in [-0.05, 0) is 54.8 Å². The van der Waals surface area contributed by atoms with E-state index in [1.165, 1.54) is 12.1 Å².